The van der Waals surface area contributed by atoms with Gasteiger partial charge in [0, 0.05) is 23.2 Å². The first-order valence-electron chi connectivity index (χ1n) is 9.14. The Morgan fingerprint density at radius 1 is 0.833 bits per heavy atom. The first kappa shape index (κ1) is 17.1. The molecule has 1 aliphatic rings. The molecule has 0 radical (unpaired) electrons. The monoisotopic (exact) mass is 321 g/mol. The van der Waals surface area contributed by atoms with Gasteiger partial charge in [-0.3, -0.25) is 0 Å². The van der Waals surface area contributed by atoms with Gasteiger partial charge in [-0.25, -0.2) is 0 Å². The number of benzene rings is 2. The largest absolute Gasteiger partial charge is 0.365 e. The summed E-state index contributed by atoms with van der Waals surface area (Å²) in [6, 6.07) is 15.7. The Bertz CT molecular complexity index is 706. The molecule has 2 aromatic carbocycles. The van der Waals surface area contributed by atoms with Crippen LogP contribution in [0.25, 0.3) is 0 Å². The fraction of sp³-hybridized carbons (Fsp3) is 0.478. The summed E-state index contributed by atoms with van der Waals surface area (Å²) in [6.45, 7) is 15.0. The molecule has 0 amide bonds. The third-order valence-corrected chi connectivity index (χ3v) is 5.90. The van der Waals surface area contributed by atoms with Crippen molar-refractivity contribution in [3.63, 3.8) is 0 Å². The predicted octanol–water partition coefficient (Wildman–Crippen LogP) is 5.95. The lowest BCUT2D eigenvalue weighted by Gasteiger charge is -2.52. The number of rotatable bonds is 2. The standard InChI is InChI=1S/C23H31N/c1-17-14-18(2)21(19(3)15-17)24-16-23(6,13-12-22(24,4)5)20-10-8-7-9-11-20/h7-11,14-15H,12-13,16H2,1-6H3. The molecule has 0 bridgehead atoms. The zero-order valence-corrected chi connectivity index (χ0v) is 16.1. The van der Waals surface area contributed by atoms with Crippen molar-refractivity contribution in [3.05, 3.63) is 64.7 Å². The number of hydrogen-bond acceptors (Lipinski definition) is 1. The fourth-order valence-corrected chi connectivity index (χ4v) is 4.41. The Hall–Kier alpha value is -1.76. The van der Waals surface area contributed by atoms with E-state index in [1.165, 1.54) is 40.8 Å². The second kappa shape index (κ2) is 5.95. The van der Waals surface area contributed by atoms with Gasteiger partial charge in [-0.1, -0.05) is 55.0 Å². The van der Waals surface area contributed by atoms with Gasteiger partial charge in [0.2, 0.25) is 0 Å². The molecule has 1 fully saturated rings. The topological polar surface area (TPSA) is 3.24 Å². The van der Waals surface area contributed by atoms with Gasteiger partial charge in [-0.15, -0.1) is 0 Å². The Morgan fingerprint density at radius 3 is 2.00 bits per heavy atom. The summed E-state index contributed by atoms with van der Waals surface area (Å²) < 4.78 is 0. The van der Waals surface area contributed by atoms with E-state index in [-0.39, 0.29) is 11.0 Å². The molecule has 0 aliphatic carbocycles. The van der Waals surface area contributed by atoms with Gasteiger partial charge >= 0.3 is 0 Å². The van der Waals surface area contributed by atoms with Gasteiger partial charge in [-0.2, -0.15) is 0 Å². The lowest BCUT2D eigenvalue weighted by atomic mass is 9.70. The summed E-state index contributed by atoms with van der Waals surface area (Å²) in [6.07, 6.45) is 2.45. The summed E-state index contributed by atoms with van der Waals surface area (Å²) in [5.74, 6) is 0. The van der Waals surface area contributed by atoms with Crippen LogP contribution in [0.1, 0.15) is 55.9 Å². The maximum Gasteiger partial charge on any atom is 0.0430 e. The first-order chi connectivity index (χ1) is 11.2. The minimum atomic E-state index is 0.194. The summed E-state index contributed by atoms with van der Waals surface area (Å²) >= 11 is 0. The number of hydrogen-bond donors (Lipinski definition) is 0. The predicted molar refractivity (Wildman–Crippen MR) is 105 cm³/mol. The molecule has 1 atom stereocenters. The van der Waals surface area contributed by atoms with Crippen molar-refractivity contribution in [1.82, 2.24) is 0 Å². The van der Waals surface area contributed by atoms with Gasteiger partial charge in [0.05, 0.1) is 0 Å². The van der Waals surface area contributed by atoms with E-state index < -0.39 is 0 Å². The number of aryl methyl sites for hydroxylation is 3. The van der Waals surface area contributed by atoms with E-state index in [0.717, 1.165) is 6.54 Å². The highest BCUT2D eigenvalue weighted by Gasteiger charge is 2.42. The third kappa shape index (κ3) is 2.97. The van der Waals surface area contributed by atoms with Crippen LogP contribution in [-0.4, -0.2) is 12.1 Å². The van der Waals surface area contributed by atoms with Crippen LogP contribution in [0.3, 0.4) is 0 Å². The fourth-order valence-electron chi connectivity index (χ4n) is 4.41. The van der Waals surface area contributed by atoms with Crippen LogP contribution >= 0.6 is 0 Å². The molecule has 0 spiro atoms. The van der Waals surface area contributed by atoms with E-state index in [2.05, 4.69) is 88.9 Å². The maximum absolute atomic E-state index is 2.67. The minimum Gasteiger partial charge on any atom is -0.365 e. The van der Waals surface area contributed by atoms with Crippen LogP contribution < -0.4 is 4.90 Å². The molecule has 1 nitrogen and oxygen atoms in total. The molecule has 24 heavy (non-hydrogen) atoms. The average Bonchev–Trinajstić information content (AvgIpc) is 2.51. The van der Waals surface area contributed by atoms with Crippen molar-refractivity contribution in [2.45, 2.75) is 65.3 Å². The summed E-state index contributed by atoms with van der Waals surface area (Å²) in [7, 11) is 0. The highest BCUT2D eigenvalue weighted by molar-refractivity contribution is 5.62. The second-order valence-corrected chi connectivity index (χ2v) is 8.57. The Labute approximate surface area is 147 Å². The zero-order valence-electron chi connectivity index (χ0n) is 16.1. The molecule has 0 N–H and O–H groups in total. The Balaban J connectivity index is 2.05. The SMILES string of the molecule is Cc1cc(C)c(N2CC(C)(c3ccccc3)CCC2(C)C)c(C)c1. The first-order valence-corrected chi connectivity index (χ1v) is 9.14. The smallest absolute Gasteiger partial charge is 0.0430 e. The summed E-state index contributed by atoms with van der Waals surface area (Å²) in [5, 5.41) is 0. The van der Waals surface area contributed by atoms with E-state index in [1.54, 1.807) is 0 Å². The van der Waals surface area contributed by atoms with Crippen LogP contribution in [0.5, 0.6) is 0 Å². The maximum atomic E-state index is 2.67. The van der Waals surface area contributed by atoms with Gasteiger partial charge in [0.15, 0.2) is 0 Å². The van der Waals surface area contributed by atoms with Crippen LogP contribution in [-0.2, 0) is 5.41 Å². The normalized spacial score (nSPS) is 23.3. The molecule has 1 unspecified atom stereocenters. The lowest BCUT2D eigenvalue weighted by molar-refractivity contribution is 0.265. The summed E-state index contributed by atoms with van der Waals surface area (Å²) in [5.41, 5.74) is 7.46. The van der Waals surface area contributed by atoms with Crippen LogP contribution in [0.4, 0.5) is 5.69 Å². The number of nitrogens with zero attached hydrogens (tertiary/aromatic N) is 1. The second-order valence-electron chi connectivity index (χ2n) is 8.57. The van der Waals surface area contributed by atoms with Crippen molar-refractivity contribution in [1.29, 1.82) is 0 Å². The molecule has 0 aromatic heterocycles. The molecule has 0 saturated carbocycles. The molecule has 1 heterocycles. The van der Waals surface area contributed by atoms with Gasteiger partial charge in [0.25, 0.3) is 0 Å². The third-order valence-electron chi connectivity index (χ3n) is 5.90. The van der Waals surface area contributed by atoms with Crippen LogP contribution in [0.15, 0.2) is 42.5 Å². The zero-order chi connectivity index (χ0) is 17.5. The van der Waals surface area contributed by atoms with E-state index >= 15 is 0 Å². The number of piperidine rings is 1. The molecular weight excluding hydrogens is 290 g/mol. The molecule has 2 aromatic rings. The lowest BCUT2D eigenvalue weighted by Crippen LogP contribution is -2.56. The molecule has 1 aliphatic heterocycles. The molecule has 1 heteroatoms. The van der Waals surface area contributed by atoms with Crippen molar-refractivity contribution >= 4 is 5.69 Å². The highest BCUT2D eigenvalue weighted by Crippen LogP contribution is 2.44. The van der Waals surface area contributed by atoms with Gasteiger partial charge < -0.3 is 4.90 Å². The number of anilines is 1. The van der Waals surface area contributed by atoms with Crippen molar-refractivity contribution < 1.29 is 0 Å². The van der Waals surface area contributed by atoms with E-state index in [4.69, 9.17) is 0 Å². The quantitative estimate of drug-likeness (QED) is 0.661. The van der Waals surface area contributed by atoms with Crippen molar-refractivity contribution in [2.24, 2.45) is 0 Å². The van der Waals surface area contributed by atoms with Crippen molar-refractivity contribution in [2.75, 3.05) is 11.4 Å². The molecular formula is C23H31N. The highest BCUT2D eigenvalue weighted by atomic mass is 15.2. The van der Waals surface area contributed by atoms with Crippen LogP contribution in [0, 0.1) is 20.8 Å². The Morgan fingerprint density at radius 2 is 1.42 bits per heavy atom. The average molecular weight is 322 g/mol. The van der Waals surface area contributed by atoms with Crippen molar-refractivity contribution in [3.8, 4) is 0 Å². The minimum absolute atomic E-state index is 0.194. The van der Waals surface area contributed by atoms with Gasteiger partial charge in [0.1, 0.15) is 0 Å². The Kier molecular flexibility index (Phi) is 4.23. The van der Waals surface area contributed by atoms with E-state index in [1.807, 2.05) is 0 Å². The van der Waals surface area contributed by atoms with E-state index in [9.17, 15) is 0 Å². The van der Waals surface area contributed by atoms with Gasteiger partial charge in [-0.05, 0) is 64.2 Å². The molecule has 1 saturated heterocycles. The molecule has 3 rings (SSSR count). The van der Waals surface area contributed by atoms with E-state index in [0.29, 0.717) is 0 Å². The summed E-state index contributed by atoms with van der Waals surface area (Å²) in [4.78, 5) is 2.67. The molecule has 128 valence electrons. The van der Waals surface area contributed by atoms with Crippen LogP contribution in [0.2, 0.25) is 0 Å².